The Morgan fingerprint density at radius 1 is 1.64 bits per heavy atom. The minimum atomic E-state index is -0.995. The number of hydrogen-bond donors (Lipinski definition) is 1. The highest BCUT2D eigenvalue weighted by Gasteiger charge is 2.23. The van der Waals surface area contributed by atoms with Gasteiger partial charge in [-0.15, -0.1) is 0 Å². The van der Waals surface area contributed by atoms with Crippen LogP contribution in [-0.2, 0) is 11.3 Å². The van der Waals surface area contributed by atoms with Gasteiger partial charge in [-0.3, -0.25) is 0 Å². The van der Waals surface area contributed by atoms with Crippen LogP contribution in [-0.4, -0.2) is 25.7 Å². The third-order valence-corrected chi connectivity index (χ3v) is 2.16. The minimum absolute atomic E-state index is 0.160. The fourth-order valence-electron chi connectivity index (χ4n) is 1.50. The van der Waals surface area contributed by atoms with Crippen molar-refractivity contribution in [3.05, 3.63) is 23.3 Å². The standard InChI is InChI=1S/C9H8BO4/c1-13-8-6(9(11)12)3-2-5-4-14-10-7(5)8/h2-3H,4H2,1H3,(H,11,12). The van der Waals surface area contributed by atoms with Crippen LogP contribution in [0, 0.1) is 0 Å². The number of carbonyl (C=O) groups is 1. The van der Waals surface area contributed by atoms with Crippen molar-refractivity contribution < 1.29 is 19.3 Å². The number of ether oxygens (including phenoxy) is 1. The maximum absolute atomic E-state index is 10.8. The number of fused-ring (bicyclic) bond motifs is 1. The molecule has 0 unspecified atom stereocenters. The molecule has 1 aromatic rings. The van der Waals surface area contributed by atoms with Crippen molar-refractivity contribution in [2.75, 3.05) is 7.11 Å². The lowest BCUT2D eigenvalue weighted by atomic mass is 9.85. The highest BCUT2D eigenvalue weighted by molar-refractivity contribution is 6.50. The molecule has 0 atom stereocenters. The van der Waals surface area contributed by atoms with Gasteiger partial charge in [-0.1, -0.05) is 6.07 Å². The van der Waals surface area contributed by atoms with Crippen LogP contribution in [0.4, 0.5) is 0 Å². The minimum Gasteiger partial charge on any atom is -0.496 e. The van der Waals surface area contributed by atoms with Crippen molar-refractivity contribution in [3.8, 4) is 5.75 Å². The van der Waals surface area contributed by atoms with Crippen molar-refractivity contribution in [1.29, 1.82) is 0 Å². The van der Waals surface area contributed by atoms with E-state index in [2.05, 4.69) is 0 Å². The smallest absolute Gasteiger partial charge is 0.339 e. The van der Waals surface area contributed by atoms with E-state index in [1.807, 2.05) is 0 Å². The quantitative estimate of drug-likeness (QED) is 0.676. The van der Waals surface area contributed by atoms with Gasteiger partial charge in [0.25, 0.3) is 0 Å². The first kappa shape index (κ1) is 9.08. The Balaban J connectivity index is 2.59. The first-order valence-corrected chi connectivity index (χ1v) is 4.12. The Hall–Kier alpha value is -1.49. The van der Waals surface area contributed by atoms with Gasteiger partial charge in [0, 0.05) is 0 Å². The number of rotatable bonds is 2. The van der Waals surface area contributed by atoms with Crippen LogP contribution in [0.25, 0.3) is 0 Å². The second kappa shape index (κ2) is 3.34. The number of methoxy groups -OCH3 is 1. The average molecular weight is 191 g/mol. The summed E-state index contributed by atoms with van der Waals surface area (Å²) >= 11 is 0. The predicted octanol–water partition coefficient (Wildman–Crippen LogP) is 0.168. The summed E-state index contributed by atoms with van der Waals surface area (Å²) in [5.74, 6) is -0.627. The monoisotopic (exact) mass is 191 g/mol. The lowest BCUT2D eigenvalue weighted by molar-refractivity contribution is 0.0693. The summed E-state index contributed by atoms with van der Waals surface area (Å²) in [5.41, 5.74) is 1.84. The molecule has 4 nitrogen and oxygen atoms in total. The molecular weight excluding hydrogens is 183 g/mol. The van der Waals surface area contributed by atoms with Crippen molar-refractivity contribution in [3.63, 3.8) is 0 Å². The molecule has 0 aliphatic carbocycles. The van der Waals surface area contributed by atoms with E-state index in [1.54, 1.807) is 6.07 Å². The molecule has 0 amide bonds. The van der Waals surface area contributed by atoms with Crippen LogP contribution < -0.4 is 10.2 Å². The van der Waals surface area contributed by atoms with Crippen LogP contribution in [0.15, 0.2) is 12.1 Å². The van der Waals surface area contributed by atoms with E-state index in [1.165, 1.54) is 20.7 Å². The normalized spacial score (nSPS) is 13.2. The zero-order valence-corrected chi connectivity index (χ0v) is 7.61. The molecule has 1 N–H and O–H groups in total. The average Bonchev–Trinajstić information content (AvgIpc) is 2.63. The zero-order chi connectivity index (χ0) is 10.1. The van der Waals surface area contributed by atoms with Gasteiger partial charge >= 0.3 is 13.5 Å². The molecule has 14 heavy (non-hydrogen) atoms. The Morgan fingerprint density at radius 2 is 2.43 bits per heavy atom. The van der Waals surface area contributed by atoms with Crippen molar-refractivity contribution >= 4 is 18.9 Å². The molecule has 0 bridgehead atoms. The first-order chi connectivity index (χ1) is 6.74. The number of carboxylic acids is 1. The van der Waals surface area contributed by atoms with E-state index in [0.717, 1.165) is 11.0 Å². The van der Waals surface area contributed by atoms with Crippen LogP contribution in [0.5, 0.6) is 5.75 Å². The fourth-order valence-corrected chi connectivity index (χ4v) is 1.50. The second-order valence-corrected chi connectivity index (χ2v) is 2.95. The molecule has 2 rings (SSSR count). The number of carboxylic acid groups (broad SMARTS) is 1. The maximum atomic E-state index is 10.8. The summed E-state index contributed by atoms with van der Waals surface area (Å²) in [7, 11) is 2.98. The zero-order valence-electron chi connectivity index (χ0n) is 7.61. The molecule has 1 heterocycles. The van der Waals surface area contributed by atoms with Crippen molar-refractivity contribution in [1.82, 2.24) is 0 Å². The molecule has 0 fully saturated rings. The Morgan fingerprint density at radius 3 is 3.07 bits per heavy atom. The number of benzene rings is 1. The van der Waals surface area contributed by atoms with Crippen molar-refractivity contribution in [2.45, 2.75) is 6.61 Å². The number of hydrogen-bond acceptors (Lipinski definition) is 3. The van der Waals surface area contributed by atoms with E-state index in [9.17, 15) is 4.79 Å². The van der Waals surface area contributed by atoms with Gasteiger partial charge in [0.15, 0.2) is 0 Å². The Labute approximate surface area is 81.7 Å². The predicted molar refractivity (Wildman–Crippen MR) is 50.1 cm³/mol. The second-order valence-electron chi connectivity index (χ2n) is 2.95. The lowest BCUT2D eigenvalue weighted by Crippen LogP contribution is -2.18. The van der Waals surface area contributed by atoms with Gasteiger partial charge in [-0.2, -0.15) is 0 Å². The van der Waals surface area contributed by atoms with E-state index >= 15 is 0 Å². The summed E-state index contributed by atoms with van der Waals surface area (Å²) in [6.07, 6.45) is 0. The molecule has 0 spiro atoms. The van der Waals surface area contributed by atoms with Gasteiger partial charge in [-0.05, 0) is 17.1 Å². The molecule has 5 heteroatoms. The van der Waals surface area contributed by atoms with E-state index in [-0.39, 0.29) is 5.56 Å². The van der Waals surface area contributed by atoms with Crippen LogP contribution in [0.3, 0.4) is 0 Å². The molecule has 0 saturated heterocycles. The van der Waals surface area contributed by atoms with Crippen LogP contribution in [0.1, 0.15) is 15.9 Å². The van der Waals surface area contributed by atoms with Crippen LogP contribution >= 0.6 is 0 Å². The highest BCUT2D eigenvalue weighted by Crippen LogP contribution is 2.20. The summed E-state index contributed by atoms with van der Waals surface area (Å²) in [6, 6.07) is 3.27. The largest absolute Gasteiger partial charge is 0.496 e. The molecule has 1 aliphatic rings. The molecule has 0 aromatic heterocycles. The van der Waals surface area contributed by atoms with Gasteiger partial charge in [0.05, 0.1) is 13.7 Å². The third-order valence-electron chi connectivity index (χ3n) is 2.16. The highest BCUT2D eigenvalue weighted by atomic mass is 16.5. The lowest BCUT2D eigenvalue weighted by Gasteiger charge is -2.08. The summed E-state index contributed by atoms with van der Waals surface area (Å²) < 4.78 is 10.2. The molecule has 1 radical (unpaired) electrons. The molecule has 1 aliphatic heterocycles. The fraction of sp³-hybridized carbons (Fsp3) is 0.222. The van der Waals surface area contributed by atoms with E-state index in [0.29, 0.717) is 12.4 Å². The molecule has 71 valence electrons. The Bertz CT molecular complexity index is 389. The SMILES string of the molecule is COc1c(C(=O)O)ccc2c1[B]OC2. The third kappa shape index (κ3) is 1.26. The summed E-state index contributed by atoms with van der Waals surface area (Å²) in [6.45, 7) is 0.478. The molecular formula is C9H8BO4. The van der Waals surface area contributed by atoms with Crippen LogP contribution in [0.2, 0.25) is 0 Å². The maximum Gasteiger partial charge on any atom is 0.339 e. The van der Waals surface area contributed by atoms with Gasteiger partial charge < -0.3 is 14.5 Å². The summed E-state index contributed by atoms with van der Waals surface area (Å²) in [4.78, 5) is 10.8. The van der Waals surface area contributed by atoms with Gasteiger partial charge in [0.1, 0.15) is 11.3 Å². The molecule has 1 aromatic carbocycles. The van der Waals surface area contributed by atoms with Gasteiger partial charge in [-0.25, -0.2) is 4.79 Å². The molecule has 0 saturated carbocycles. The Kier molecular flexibility index (Phi) is 2.17. The number of aromatic carboxylic acids is 1. The summed E-state index contributed by atoms with van der Waals surface area (Å²) in [5, 5.41) is 8.89. The van der Waals surface area contributed by atoms with E-state index < -0.39 is 5.97 Å². The van der Waals surface area contributed by atoms with Crippen molar-refractivity contribution in [2.24, 2.45) is 0 Å². The first-order valence-electron chi connectivity index (χ1n) is 4.12. The topological polar surface area (TPSA) is 55.8 Å². The van der Waals surface area contributed by atoms with Gasteiger partial charge in [0.2, 0.25) is 0 Å². The van der Waals surface area contributed by atoms with E-state index in [4.69, 9.17) is 14.5 Å².